The maximum absolute atomic E-state index is 13.8. The molecule has 0 radical (unpaired) electrons. The minimum Gasteiger partial charge on any atom is -0.448 e. The summed E-state index contributed by atoms with van der Waals surface area (Å²) in [7, 11) is -3.41. The number of nitrogens with zero attached hydrogens (tertiary/aromatic N) is 1. The maximum Gasteiger partial charge on any atom is 0.338 e. The molecule has 0 aliphatic carbocycles. The summed E-state index contributed by atoms with van der Waals surface area (Å²) >= 11 is 0. The van der Waals surface area contributed by atoms with Crippen molar-refractivity contribution in [1.29, 1.82) is 0 Å². The quantitative estimate of drug-likeness (QED) is 0.420. The monoisotopic (exact) mass is 378 g/mol. The highest BCUT2D eigenvalue weighted by Gasteiger charge is 2.25. The van der Waals surface area contributed by atoms with E-state index in [1.165, 1.54) is 24.3 Å². The van der Waals surface area contributed by atoms with Crippen molar-refractivity contribution in [3.05, 3.63) is 62.6 Å². The zero-order valence-electron chi connectivity index (χ0n) is 13.2. The molecule has 8 nitrogen and oxygen atoms in total. The second-order valence-electron chi connectivity index (χ2n) is 5.53. The normalized spacial score (nSPS) is 11.6. The van der Waals surface area contributed by atoms with Crippen molar-refractivity contribution in [3.8, 4) is 11.3 Å². The van der Waals surface area contributed by atoms with Crippen molar-refractivity contribution < 1.29 is 22.1 Å². The number of rotatable bonds is 3. The van der Waals surface area contributed by atoms with Crippen LogP contribution in [0, 0.1) is 15.9 Å². The molecule has 10 heteroatoms. The summed E-state index contributed by atoms with van der Waals surface area (Å²) in [5.41, 5.74) is 2.99. The van der Waals surface area contributed by atoms with E-state index in [1.807, 2.05) is 0 Å². The van der Waals surface area contributed by atoms with E-state index in [0.717, 1.165) is 18.4 Å². The number of halogens is 1. The van der Waals surface area contributed by atoms with Crippen molar-refractivity contribution >= 4 is 32.2 Å². The molecule has 3 aromatic rings. The van der Waals surface area contributed by atoms with E-state index in [2.05, 4.69) is 0 Å². The van der Waals surface area contributed by atoms with Crippen LogP contribution in [0.4, 0.5) is 15.8 Å². The second-order valence-corrected chi connectivity index (χ2v) is 7.54. The number of benzene rings is 2. The summed E-state index contributed by atoms with van der Waals surface area (Å²) in [6, 6.07) is 7.21. The molecule has 134 valence electrons. The van der Waals surface area contributed by atoms with E-state index in [-0.39, 0.29) is 16.0 Å². The standard InChI is InChI=1S/C16H11FN2O6S/c1-26(23,24)9-4-2-8(3-5-9)13-7-12(20)10-6-11(17)14(18)15(19(21)22)16(10)25-13/h2-7H,18H2,1H3. The van der Waals surface area contributed by atoms with Crippen LogP contribution < -0.4 is 11.2 Å². The molecule has 0 fully saturated rings. The molecular weight excluding hydrogens is 367 g/mol. The topological polar surface area (TPSA) is 134 Å². The molecule has 1 aromatic heterocycles. The lowest BCUT2D eigenvalue weighted by Gasteiger charge is -2.06. The van der Waals surface area contributed by atoms with Crippen molar-refractivity contribution in [3.63, 3.8) is 0 Å². The predicted octanol–water partition coefficient (Wildman–Crippen LogP) is 2.49. The third-order valence-corrected chi connectivity index (χ3v) is 4.86. The molecule has 0 saturated heterocycles. The lowest BCUT2D eigenvalue weighted by molar-refractivity contribution is -0.382. The van der Waals surface area contributed by atoms with Gasteiger partial charge >= 0.3 is 5.69 Å². The van der Waals surface area contributed by atoms with Gasteiger partial charge in [0.05, 0.1) is 15.2 Å². The van der Waals surface area contributed by atoms with E-state index in [9.17, 15) is 27.7 Å². The number of nitro benzene ring substituents is 1. The van der Waals surface area contributed by atoms with Gasteiger partial charge in [0.15, 0.2) is 26.8 Å². The molecule has 0 saturated carbocycles. The fourth-order valence-corrected chi connectivity index (χ4v) is 3.08. The molecule has 0 aliphatic heterocycles. The van der Waals surface area contributed by atoms with Gasteiger partial charge in [0.2, 0.25) is 5.58 Å². The SMILES string of the molecule is CS(=O)(=O)c1ccc(-c2cc(=O)c3cc(F)c(N)c([N+](=O)[O-])c3o2)cc1. The highest BCUT2D eigenvalue weighted by Crippen LogP contribution is 2.34. The number of hydrogen-bond donors (Lipinski definition) is 1. The van der Waals surface area contributed by atoms with Gasteiger partial charge < -0.3 is 10.2 Å². The number of nitro groups is 1. The second kappa shape index (κ2) is 5.92. The Hall–Kier alpha value is -3.27. The third kappa shape index (κ3) is 2.90. The average molecular weight is 378 g/mol. The number of sulfone groups is 1. The van der Waals surface area contributed by atoms with Gasteiger partial charge in [-0.15, -0.1) is 0 Å². The maximum atomic E-state index is 13.8. The van der Waals surface area contributed by atoms with Crippen LogP contribution in [0.1, 0.15) is 0 Å². The van der Waals surface area contributed by atoms with E-state index < -0.39 is 43.0 Å². The highest BCUT2D eigenvalue weighted by molar-refractivity contribution is 7.90. The Balaban J connectivity index is 2.29. The van der Waals surface area contributed by atoms with Crippen LogP contribution in [0.15, 0.2) is 50.5 Å². The highest BCUT2D eigenvalue weighted by atomic mass is 32.2. The van der Waals surface area contributed by atoms with Gasteiger partial charge in [0.1, 0.15) is 5.76 Å². The average Bonchev–Trinajstić information content (AvgIpc) is 2.55. The molecule has 26 heavy (non-hydrogen) atoms. The Labute approximate surface area is 145 Å². The van der Waals surface area contributed by atoms with Gasteiger partial charge in [-0.25, -0.2) is 12.8 Å². The summed E-state index contributed by atoms with van der Waals surface area (Å²) in [4.78, 5) is 22.6. The van der Waals surface area contributed by atoms with Gasteiger partial charge in [0, 0.05) is 17.9 Å². The van der Waals surface area contributed by atoms with E-state index in [0.29, 0.717) is 5.56 Å². The van der Waals surface area contributed by atoms with Crippen LogP contribution >= 0.6 is 0 Å². The lowest BCUT2D eigenvalue weighted by atomic mass is 10.1. The zero-order valence-corrected chi connectivity index (χ0v) is 14.0. The summed E-state index contributed by atoms with van der Waals surface area (Å²) in [6.07, 6.45) is 1.04. The van der Waals surface area contributed by atoms with Crippen LogP contribution in [0.3, 0.4) is 0 Å². The van der Waals surface area contributed by atoms with E-state index >= 15 is 0 Å². The molecular formula is C16H11FN2O6S. The number of nitrogen functional groups attached to an aromatic ring is 1. The zero-order chi connectivity index (χ0) is 19.2. The largest absolute Gasteiger partial charge is 0.448 e. The van der Waals surface area contributed by atoms with Crippen molar-refractivity contribution in [2.45, 2.75) is 4.90 Å². The fourth-order valence-electron chi connectivity index (χ4n) is 2.45. The van der Waals surface area contributed by atoms with Crippen LogP contribution in [0.5, 0.6) is 0 Å². The summed E-state index contributed by atoms with van der Waals surface area (Å²) < 4.78 is 42.2. The van der Waals surface area contributed by atoms with Gasteiger partial charge in [-0.05, 0) is 30.3 Å². The first kappa shape index (κ1) is 17.5. The fraction of sp³-hybridized carbons (Fsp3) is 0.0625. The minimum absolute atomic E-state index is 0.0448. The van der Waals surface area contributed by atoms with Crippen molar-refractivity contribution in [1.82, 2.24) is 0 Å². The number of fused-ring (bicyclic) bond motifs is 1. The summed E-state index contributed by atoms with van der Waals surface area (Å²) in [5, 5.41) is 10.9. The molecule has 0 amide bonds. The predicted molar refractivity (Wildman–Crippen MR) is 92.1 cm³/mol. The number of hydrogen-bond acceptors (Lipinski definition) is 7. The van der Waals surface area contributed by atoms with Crippen LogP contribution in [-0.4, -0.2) is 19.6 Å². The lowest BCUT2D eigenvalue weighted by Crippen LogP contribution is -2.06. The Morgan fingerprint density at radius 3 is 2.35 bits per heavy atom. The Bertz CT molecular complexity index is 1220. The molecule has 3 rings (SSSR count). The molecule has 2 aromatic carbocycles. The Morgan fingerprint density at radius 2 is 1.81 bits per heavy atom. The first-order chi connectivity index (χ1) is 12.1. The van der Waals surface area contributed by atoms with Gasteiger partial charge in [-0.2, -0.15) is 0 Å². The van der Waals surface area contributed by atoms with E-state index in [4.69, 9.17) is 10.2 Å². The van der Waals surface area contributed by atoms with Crippen molar-refractivity contribution in [2.24, 2.45) is 0 Å². The Morgan fingerprint density at radius 1 is 1.19 bits per heavy atom. The number of nitrogens with two attached hydrogens (primary N) is 1. The summed E-state index contributed by atoms with van der Waals surface area (Å²) in [6.45, 7) is 0. The molecule has 0 atom stereocenters. The minimum atomic E-state index is -3.41. The molecule has 0 bridgehead atoms. The smallest absolute Gasteiger partial charge is 0.338 e. The van der Waals surface area contributed by atoms with Gasteiger partial charge in [0.25, 0.3) is 0 Å². The third-order valence-electron chi connectivity index (χ3n) is 3.73. The van der Waals surface area contributed by atoms with Crippen LogP contribution in [0.25, 0.3) is 22.3 Å². The molecule has 1 heterocycles. The van der Waals surface area contributed by atoms with Crippen LogP contribution in [-0.2, 0) is 9.84 Å². The van der Waals surface area contributed by atoms with Gasteiger partial charge in [-0.1, -0.05) is 0 Å². The van der Waals surface area contributed by atoms with Crippen LogP contribution in [0.2, 0.25) is 0 Å². The van der Waals surface area contributed by atoms with Gasteiger partial charge in [-0.3, -0.25) is 14.9 Å². The first-order valence-electron chi connectivity index (χ1n) is 7.10. The number of anilines is 1. The van der Waals surface area contributed by atoms with Crippen molar-refractivity contribution in [2.75, 3.05) is 12.0 Å². The molecule has 0 aliphatic rings. The summed E-state index contributed by atoms with van der Waals surface area (Å²) in [5.74, 6) is -1.14. The molecule has 0 unspecified atom stereocenters. The Kier molecular flexibility index (Phi) is 3.99. The molecule has 0 spiro atoms. The molecule has 2 N–H and O–H groups in total. The van der Waals surface area contributed by atoms with E-state index in [1.54, 1.807) is 0 Å². The first-order valence-corrected chi connectivity index (χ1v) is 8.99.